The molecule has 0 aromatic carbocycles. The predicted molar refractivity (Wildman–Crippen MR) is 49.5 cm³/mol. The highest BCUT2D eigenvalue weighted by atomic mass is 14.9. The lowest BCUT2D eigenvalue weighted by molar-refractivity contribution is 0.906. The first kappa shape index (κ1) is 8.21. The van der Waals surface area contributed by atoms with Gasteiger partial charge in [-0.1, -0.05) is 11.8 Å². The Labute approximate surface area is 77.4 Å². The van der Waals surface area contributed by atoms with Gasteiger partial charge in [0.1, 0.15) is 5.82 Å². The Morgan fingerprint density at radius 2 is 2.08 bits per heavy atom. The smallest absolute Gasteiger partial charge is 0.141 e. The number of aromatic nitrogens is 2. The van der Waals surface area contributed by atoms with Gasteiger partial charge in [-0.3, -0.25) is 0 Å². The first-order chi connectivity index (χ1) is 6.38. The SMILES string of the molecule is NCc1ncc(C#CC2CC2)cn1. The zero-order chi connectivity index (χ0) is 9.10. The normalized spacial score (nSPS) is 14.8. The van der Waals surface area contributed by atoms with E-state index in [4.69, 9.17) is 5.73 Å². The summed E-state index contributed by atoms with van der Waals surface area (Å²) in [7, 11) is 0. The van der Waals surface area contributed by atoms with Crippen LogP contribution in [0.2, 0.25) is 0 Å². The molecule has 1 saturated carbocycles. The van der Waals surface area contributed by atoms with Gasteiger partial charge in [-0.25, -0.2) is 9.97 Å². The number of rotatable bonds is 1. The van der Waals surface area contributed by atoms with Crippen molar-refractivity contribution >= 4 is 0 Å². The van der Waals surface area contributed by atoms with E-state index < -0.39 is 0 Å². The second-order valence-electron chi connectivity index (χ2n) is 3.14. The van der Waals surface area contributed by atoms with Crippen LogP contribution in [-0.2, 0) is 6.54 Å². The van der Waals surface area contributed by atoms with Gasteiger partial charge in [0.2, 0.25) is 0 Å². The first-order valence-corrected chi connectivity index (χ1v) is 4.41. The van der Waals surface area contributed by atoms with Crippen molar-refractivity contribution in [3.8, 4) is 11.8 Å². The molecule has 3 nitrogen and oxygen atoms in total. The predicted octanol–water partition coefficient (Wildman–Crippen LogP) is 0.697. The van der Waals surface area contributed by atoms with Gasteiger partial charge in [-0.15, -0.1) is 0 Å². The molecule has 0 atom stereocenters. The molecule has 1 aromatic heterocycles. The maximum Gasteiger partial charge on any atom is 0.141 e. The van der Waals surface area contributed by atoms with Crippen LogP contribution < -0.4 is 5.73 Å². The van der Waals surface area contributed by atoms with Crippen molar-refractivity contribution in [2.75, 3.05) is 0 Å². The lowest BCUT2D eigenvalue weighted by atomic mass is 10.3. The molecule has 0 aliphatic heterocycles. The van der Waals surface area contributed by atoms with Gasteiger partial charge in [-0.05, 0) is 12.8 Å². The van der Waals surface area contributed by atoms with E-state index in [-0.39, 0.29) is 0 Å². The number of nitrogens with two attached hydrogens (primary N) is 1. The Kier molecular flexibility index (Phi) is 2.24. The van der Waals surface area contributed by atoms with Crippen molar-refractivity contribution in [1.29, 1.82) is 0 Å². The van der Waals surface area contributed by atoms with Crippen LogP contribution in [0.25, 0.3) is 0 Å². The third kappa shape index (κ3) is 2.27. The molecule has 0 saturated heterocycles. The van der Waals surface area contributed by atoms with E-state index in [2.05, 4.69) is 21.8 Å². The average Bonchev–Trinajstić information content (AvgIpc) is 2.99. The Morgan fingerprint density at radius 3 is 2.62 bits per heavy atom. The standard InChI is InChI=1S/C10H11N3/c11-5-10-12-6-9(7-13-10)4-3-8-1-2-8/h6-8H,1-2,5,11H2. The summed E-state index contributed by atoms with van der Waals surface area (Å²) < 4.78 is 0. The maximum atomic E-state index is 5.37. The summed E-state index contributed by atoms with van der Waals surface area (Å²) in [5.74, 6) is 7.47. The third-order valence-corrected chi connectivity index (χ3v) is 1.89. The van der Waals surface area contributed by atoms with E-state index in [1.807, 2.05) is 0 Å². The monoisotopic (exact) mass is 173 g/mol. The minimum Gasteiger partial charge on any atom is -0.324 e. The zero-order valence-corrected chi connectivity index (χ0v) is 7.33. The van der Waals surface area contributed by atoms with Crippen LogP contribution in [-0.4, -0.2) is 9.97 Å². The Balaban J connectivity index is 2.09. The highest BCUT2D eigenvalue weighted by molar-refractivity contribution is 5.31. The highest BCUT2D eigenvalue weighted by Gasteiger charge is 2.17. The lowest BCUT2D eigenvalue weighted by Crippen LogP contribution is -2.02. The van der Waals surface area contributed by atoms with Gasteiger partial charge >= 0.3 is 0 Å². The topological polar surface area (TPSA) is 51.8 Å². The summed E-state index contributed by atoms with van der Waals surface area (Å²) in [6.45, 7) is 0.385. The van der Waals surface area contributed by atoms with Crippen molar-refractivity contribution in [3.63, 3.8) is 0 Å². The molecule has 0 bridgehead atoms. The van der Waals surface area contributed by atoms with Crippen LogP contribution in [0.1, 0.15) is 24.2 Å². The van der Waals surface area contributed by atoms with Crippen LogP contribution in [0.15, 0.2) is 12.4 Å². The van der Waals surface area contributed by atoms with Crippen LogP contribution in [0, 0.1) is 17.8 Å². The fraction of sp³-hybridized carbons (Fsp3) is 0.400. The molecular formula is C10H11N3. The molecule has 0 unspecified atom stereocenters. The second kappa shape index (κ2) is 3.55. The van der Waals surface area contributed by atoms with E-state index in [1.165, 1.54) is 12.8 Å². The molecule has 0 amide bonds. The van der Waals surface area contributed by atoms with E-state index in [0.29, 0.717) is 18.3 Å². The number of hydrogen-bond donors (Lipinski definition) is 1. The molecular weight excluding hydrogens is 162 g/mol. The molecule has 0 spiro atoms. The molecule has 66 valence electrons. The van der Waals surface area contributed by atoms with E-state index in [0.717, 1.165) is 5.56 Å². The van der Waals surface area contributed by atoms with Crippen LogP contribution in [0.4, 0.5) is 0 Å². The second-order valence-corrected chi connectivity index (χ2v) is 3.14. The first-order valence-electron chi connectivity index (χ1n) is 4.41. The van der Waals surface area contributed by atoms with Crippen LogP contribution in [0.5, 0.6) is 0 Å². The number of hydrogen-bond acceptors (Lipinski definition) is 3. The molecule has 1 aromatic rings. The van der Waals surface area contributed by atoms with Crippen LogP contribution in [0.3, 0.4) is 0 Å². The summed E-state index contributed by atoms with van der Waals surface area (Å²) in [5.41, 5.74) is 6.25. The lowest BCUT2D eigenvalue weighted by Gasteiger charge is -1.92. The van der Waals surface area contributed by atoms with E-state index >= 15 is 0 Å². The Morgan fingerprint density at radius 1 is 1.38 bits per heavy atom. The minimum atomic E-state index is 0.385. The zero-order valence-electron chi connectivity index (χ0n) is 7.33. The van der Waals surface area contributed by atoms with Gasteiger partial charge in [0.25, 0.3) is 0 Å². The quantitative estimate of drug-likeness (QED) is 0.636. The van der Waals surface area contributed by atoms with Gasteiger partial charge in [0.15, 0.2) is 0 Å². The molecule has 13 heavy (non-hydrogen) atoms. The van der Waals surface area contributed by atoms with Crippen molar-refractivity contribution in [2.24, 2.45) is 11.7 Å². The summed E-state index contributed by atoms with van der Waals surface area (Å²) in [5, 5.41) is 0. The third-order valence-electron chi connectivity index (χ3n) is 1.89. The molecule has 2 rings (SSSR count). The van der Waals surface area contributed by atoms with E-state index in [9.17, 15) is 0 Å². The van der Waals surface area contributed by atoms with Crippen molar-refractivity contribution < 1.29 is 0 Å². The highest BCUT2D eigenvalue weighted by Crippen LogP contribution is 2.27. The van der Waals surface area contributed by atoms with Gasteiger partial charge in [-0.2, -0.15) is 0 Å². The summed E-state index contributed by atoms with van der Waals surface area (Å²) in [6, 6.07) is 0. The Hall–Kier alpha value is -1.40. The fourth-order valence-corrected chi connectivity index (χ4v) is 0.938. The van der Waals surface area contributed by atoms with Crippen molar-refractivity contribution in [1.82, 2.24) is 9.97 Å². The maximum absolute atomic E-state index is 5.37. The van der Waals surface area contributed by atoms with Gasteiger partial charge < -0.3 is 5.73 Å². The molecule has 2 N–H and O–H groups in total. The van der Waals surface area contributed by atoms with Gasteiger partial charge in [0, 0.05) is 18.3 Å². The summed E-state index contributed by atoms with van der Waals surface area (Å²) in [6.07, 6.45) is 5.94. The molecule has 1 fully saturated rings. The molecule has 1 aliphatic rings. The van der Waals surface area contributed by atoms with Crippen LogP contribution >= 0.6 is 0 Å². The molecule has 3 heteroatoms. The average molecular weight is 173 g/mol. The summed E-state index contributed by atoms with van der Waals surface area (Å²) >= 11 is 0. The van der Waals surface area contributed by atoms with Crippen molar-refractivity contribution in [3.05, 3.63) is 23.8 Å². The minimum absolute atomic E-state index is 0.385. The van der Waals surface area contributed by atoms with E-state index in [1.54, 1.807) is 12.4 Å². The number of nitrogens with zero attached hydrogens (tertiary/aromatic N) is 2. The molecule has 1 aliphatic carbocycles. The largest absolute Gasteiger partial charge is 0.324 e. The van der Waals surface area contributed by atoms with Gasteiger partial charge in [0.05, 0.1) is 12.1 Å². The Bertz CT molecular complexity index is 341. The summed E-state index contributed by atoms with van der Waals surface area (Å²) in [4.78, 5) is 8.11. The fourth-order valence-electron chi connectivity index (χ4n) is 0.938. The van der Waals surface area contributed by atoms with Crippen molar-refractivity contribution in [2.45, 2.75) is 19.4 Å². The molecule has 1 heterocycles. The molecule has 0 radical (unpaired) electrons.